The molecule has 2 rings (SSSR count). The Hall–Kier alpha value is -1.22. The zero-order valence-corrected chi connectivity index (χ0v) is 14.8. The van der Waals surface area contributed by atoms with Crippen molar-refractivity contribution in [3.05, 3.63) is 33.9 Å². The third-order valence-electron chi connectivity index (χ3n) is 4.04. The second-order valence-electron chi connectivity index (χ2n) is 5.59. The number of rotatable bonds is 5. The Labute approximate surface area is 142 Å². The number of sulfonamides is 1. The minimum absolute atomic E-state index is 0. The van der Waals surface area contributed by atoms with Crippen molar-refractivity contribution < 1.29 is 13.3 Å². The monoisotopic (exact) mass is 363 g/mol. The quantitative estimate of drug-likeness (QED) is 0.637. The molecule has 0 amide bonds. The highest BCUT2D eigenvalue weighted by atomic mass is 35.5. The highest BCUT2D eigenvalue weighted by Crippen LogP contribution is 2.29. The van der Waals surface area contributed by atoms with Gasteiger partial charge >= 0.3 is 0 Å². The van der Waals surface area contributed by atoms with Crippen LogP contribution in [0.2, 0.25) is 0 Å². The summed E-state index contributed by atoms with van der Waals surface area (Å²) in [5.74, 6) is 0.271. The molecule has 0 bridgehead atoms. The molecule has 1 aromatic rings. The molecular weight excluding hydrogens is 342 g/mol. The van der Waals surface area contributed by atoms with Crippen molar-refractivity contribution in [2.45, 2.75) is 24.7 Å². The topological polar surface area (TPSA) is 92.6 Å². The third-order valence-corrected chi connectivity index (χ3v) is 6.05. The van der Waals surface area contributed by atoms with Gasteiger partial charge in [-0.15, -0.1) is 12.4 Å². The second kappa shape index (κ2) is 8.05. The molecule has 0 spiro atoms. The lowest BCUT2D eigenvalue weighted by Crippen LogP contribution is -2.42. The Morgan fingerprint density at radius 1 is 1.43 bits per heavy atom. The van der Waals surface area contributed by atoms with Gasteiger partial charge in [0.15, 0.2) is 0 Å². The summed E-state index contributed by atoms with van der Waals surface area (Å²) in [6.07, 6.45) is 1.79. The number of nitrogens with one attached hydrogen (secondary N) is 1. The van der Waals surface area contributed by atoms with Crippen LogP contribution in [0.25, 0.3) is 0 Å². The van der Waals surface area contributed by atoms with Gasteiger partial charge in [0, 0.05) is 24.7 Å². The first kappa shape index (κ1) is 19.8. The number of benzene rings is 1. The van der Waals surface area contributed by atoms with E-state index in [4.69, 9.17) is 0 Å². The van der Waals surface area contributed by atoms with Crippen molar-refractivity contribution in [1.82, 2.24) is 9.62 Å². The van der Waals surface area contributed by atoms with Crippen LogP contribution in [-0.4, -0.2) is 44.3 Å². The second-order valence-corrected chi connectivity index (χ2v) is 7.49. The van der Waals surface area contributed by atoms with Crippen molar-refractivity contribution >= 4 is 28.1 Å². The molecule has 23 heavy (non-hydrogen) atoms. The van der Waals surface area contributed by atoms with Gasteiger partial charge in [0.25, 0.3) is 5.69 Å². The molecule has 1 unspecified atom stereocenters. The summed E-state index contributed by atoms with van der Waals surface area (Å²) in [5.41, 5.74) is 0.0353. The van der Waals surface area contributed by atoms with E-state index in [0.29, 0.717) is 13.1 Å². The minimum atomic E-state index is -3.70. The number of hydrogen-bond donors (Lipinski definition) is 1. The molecule has 9 heteroatoms. The molecule has 0 aromatic heterocycles. The van der Waals surface area contributed by atoms with Crippen LogP contribution >= 0.6 is 12.4 Å². The van der Waals surface area contributed by atoms with Crippen LogP contribution in [0.3, 0.4) is 0 Å². The number of nitrogens with zero attached hydrogens (tertiary/aromatic N) is 2. The van der Waals surface area contributed by atoms with Crippen LogP contribution in [0.15, 0.2) is 23.1 Å². The lowest BCUT2D eigenvalue weighted by molar-refractivity contribution is -0.385. The summed E-state index contributed by atoms with van der Waals surface area (Å²) in [5, 5.41) is 14.1. The molecule has 0 saturated carbocycles. The van der Waals surface area contributed by atoms with Gasteiger partial charge in [-0.25, -0.2) is 8.42 Å². The van der Waals surface area contributed by atoms with E-state index in [2.05, 4.69) is 5.32 Å². The highest BCUT2D eigenvalue weighted by Gasteiger charge is 2.32. The van der Waals surface area contributed by atoms with Crippen molar-refractivity contribution in [2.24, 2.45) is 5.92 Å². The van der Waals surface area contributed by atoms with Gasteiger partial charge in [0.2, 0.25) is 10.0 Å². The van der Waals surface area contributed by atoms with Gasteiger partial charge in [-0.2, -0.15) is 4.31 Å². The predicted octanol–water partition coefficient (Wildman–Crippen LogP) is 1.95. The molecule has 1 aliphatic heterocycles. The fourth-order valence-corrected chi connectivity index (χ4v) is 4.72. The van der Waals surface area contributed by atoms with Gasteiger partial charge in [0.05, 0.1) is 9.82 Å². The van der Waals surface area contributed by atoms with Crippen LogP contribution in [0.4, 0.5) is 5.69 Å². The molecule has 1 fully saturated rings. The average molecular weight is 364 g/mol. The summed E-state index contributed by atoms with van der Waals surface area (Å²) < 4.78 is 27.1. The molecular formula is C14H22ClN3O4S. The molecule has 130 valence electrons. The van der Waals surface area contributed by atoms with Crippen LogP contribution in [0.5, 0.6) is 0 Å². The van der Waals surface area contributed by atoms with Gasteiger partial charge in [-0.1, -0.05) is 6.07 Å². The maximum absolute atomic E-state index is 12.8. The molecule has 1 atom stereocenters. The number of hydrogen-bond acceptors (Lipinski definition) is 5. The third kappa shape index (κ3) is 4.20. The summed E-state index contributed by atoms with van der Waals surface area (Å²) in [7, 11) is -1.85. The van der Waals surface area contributed by atoms with Crippen LogP contribution in [0.1, 0.15) is 18.4 Å². The van der Waals surface area contributed by atoms with Crippen LogP contribution in [0, 0.1) is 23.0 Å². The van der Waals surface area contributed by atoms with Crippen LogP contribution in [-0.2, 0) is 10.0 Å². The standard InChI is InChI=1S/C14H21N3O4S.ClH/c1-11-13(17(18)19)6-3-7-14(11)22(20,21)16-8-4-5-12(10-16)9-15-2;/h3,6-7,12,15H,4-5,8-10H2,1-2H3;1H. The molecule has 1 saturated heterocycles. The smallest absolute Gasteiger partial charge is 0.273 e. The van der Waals surface area contributed by atoms with E-state index < -0.39 is 14.9 Å². The summed E-state index contributed by atoms with van der Waals surface area (Å²) in [6.45, 7) is 3.16. The van der Waals surface area contributed by atoms with E-state index >= 15 is 0 Å². The van der Waals surface area contributed by atoms with Gasteiger partial charge in [-0.05, 0) is 45.3 Å². The van der Waals surface area contributed by atoms with E-state index in [9.17, 15) is 18.5 Å². The first-order valence-electron chi connectivity index (χ1n) is 7.26. The zero-order valence-electron chi connectivity index (χ0n) is 13.2. The van der Waals surface area contributed by atoms with E-state index in [0.717, 1.165) is 19.4 Å². The molecule has 1 heterocycles. The Morgan fingerprint density at radius 2 is 2.13 bits per heavy atom. The van der Waals surface area contributed by atoms with Crippen molar-refractivity contribution in [3.63, 3.8) is 0 Å². The largest absolute Gasteiger partial charge is 0.319 e. The van der Waals surface area contributed by atoms with Gasteiger partial charge in [-0.3, -0.25) is 10.1 Å². The van der Waals surface area contributed by atoms with E-state index in [1.807, 2.05) is 7.05 Å². The Bertz CT molecular complexity index is 664. The lowest BCUT2D eigenvalue weighted by Gasteiger charge is -2.32. The lowest BCUT2D eigenvalue weighted by atomic mass is 10.00. The number of nitro groups is 1. The van der Waals surface area contributed by atoms with E-state index in [-0.39, 0.29) is 34.5 Å². The molecule has 0 aliphatic carbocycles. The number of nitro benzene ring substituents is 1. The zero-order chi connectivity index (χ0) is 16.3. The Kier molecular flexibility index (Phi) is 6.94. The molecule has 0 radical (unpaired) electrons. The maximum atomic E-state index is 12.8. The maximum Gasteiger partial charge on any atom is 0.273 e. The molecule has 7 nitrogen and oxygen atoms in total. The first-order chi connectivity index (χ1) is 10.4. The summed E-state index contributed by atoms with van der Waals surface area (Å²) in [4.78, 5) is 10.5. The summed E-state index contributed by atoms with van der Waals surface area (Å²) in [6, 6.07) is 4.20. The van der Waals surface area contributed by atoms with E-state index in [1.165, 1.54) is 29.4 Å². The molecule has 1 aliphatic rings. The van der Waals surface area contributed by atoms with Crippen LogP contribution < -0.4 is 5.32 Å². The van der Waals surface area contributed by atoms with Gasteiger partial charge < -0.3 is 5.32 Å². The molecule has 1 N–H and O–H groups in total. The van der Waals surface area contributed by atoms with Crippen molar-refractivity contribution in [1.29, 1.82) is 0 Å². The average Bonchev–Trinajstić information content (AvgIpc) is 2.47. The fourth-order valence-electron chi connectivity index (χ4n) is 2.92. The number of piperidine rings is 1. The Balaban J connectivity index is 0.00000264. The van der Waals surface area contributed by atoms with Gasteiger partial charge in [0.1, 0.15) is 0 Å². The van der Waals surface area contributed by atoms with Crippen molar-refractivity contribution in [3.8, 4) is 0 Å². The number of halogens is 1. The van der Waals surface area contributed by atoms with Crippen molar-refractivity contribution in [2.75, 3.05) is 26.7 Å². The fraction of sp³-hybridized carbons (Fsp3) is 0.571. The first-order valence-corrected chi connectivity index (χ1v) is 8.70. The predicted molar refractivity (Wildman–Crippen MR) is 90.5 cm³/mol. The normalized spacial score (nSPS) is 19.1. The minimum Gasteiger partial charge on any atom is -0.319 e. The SMILES string of the molecule is CNCC1CCCN(S(=O)(=O)c2cccc([N+](=O)[O-])c2C)C1.Cl. The molecule has 1 aromatic carbocycles. The highest BCUT2D eigenvalue weighted by molar-refractivity contribution is 7.89. The Morgan fingerprint density at radius 3 is 2.74 bits per heavy atom. The van der Waals surface area contributed by atoms with E-state index in [1.54, 1.807) is 0 Å². The summed E-state index contributed by atoms with van der Waals surface area (Å²) >= 11 is 0.